The van der Waals surface area contributed by atoms with Gasteiger partial charge in [0.15, 0.2) is 0 Å². The minimum absolute atomic E-state index is 1.38. The van der Waals surface area contributed by atoms with Crippen molar-refractivity contribution < 1.29 is 64.7 Å². The third-order valence-corrected chi connectivity index (χ3v) is 9.46. The number of unbranched alkanes of at least 4 members (excludes halogenated alkanes) is 21. The Bertz CT molecular complexity index is 342. The molecule has 0 unspecified atom stereocenters. The summed E-state index contributed by atoms with van der Waals surface area (Å²) in [6, 6.07) is 0. The number of hydrogen-bond donors (Lipinski definition) is 0. The van der Waals surface area contributed by atoms with Gasteiger partial charge in [0.1, 0.15) is 0 Å². The maximum Gasteiger partial charge on any atom is -0.160 e. The molecule has 0 saturated carbocycles. The first-order valence-corrected chi connectivity index (χ1v) is 26.3. The van der Waals surface area contributed by atoms with E-state index >= 15 is 0 Å². The average molecular weight is 747 g/mol. The van der Waals surface area contributed by atoms with E-state index in [2.05, 4.69) is 44.8 Å². The van der Waals surface area contributed by atoms with Gasteiger partial charge in [0.2, 0.25) is 0 Å². The van der Waals surface area contributed by atoms with Crippen molar-refractivity contribution in [1.29, 1.82) is 0 Å². The summed E-state index contributed by atoms with van der Waals surface area (Å²) in [6.45, 7) is 6.84. The molecule has 0 heterocycles. The van der Waals surface area contributed by atoms with E-state index in [4.69, 9.17) is 0 Å². The van der Waals surface area contributed by atoms with E-state index in [-0.39, 0.29) is 0 Å². The summed E-state index contributed by atoms with van der Waals surface area (Å²) in [5, 5.41) is 4.49. The van der Waals surface area contributed by atoms with Crippen LogP contribution in [-0.2, 0) is 79.0 Å². The summed E-state index contributed by atoms with van der Waals surface area (Å²) in [7, 11) is 0. The van der Waals surface area contributed by atoms with Crippen LogP contribution in [0.4, 0.5) is 0 Å². The van der Waals surface area contributed by atoms with Gasteiger partial charge >= 0.3 is 245 Å². The molecule has 218 valence electrons. The van der Waals surface area contributed by atoms with Crippen LogP contribution in [0.25, 0.3) is 0 Å². The summed E-state index contributed by atoms with van der Waals surface area (Å²) in [4.78, 5) is 18.6. The molecule has 0 aromatic rings. The van der Waals surface area contributed by atoms with Crippen LogP contribution in [-0.4, -0.2) is 0 Å². The quantitative estimate of drug-likeness (QED) is 0.0427. The zero-order chi connectivity index (χ0) is 29.6. The van der Waals surface area contributed by atoms with Gasteiger partial charge in [-0.2, -0.15) is 11.8 Å². The predicted octanol–water partition coefficient (Wildman–Crippen LogP) is 10.8. The van der Waals surface area contributed by atoms with Crippen molar-refractivity contribution in [3.63, 3.8) is 0 Å². The van der Waals surface area contributed by atoms with Crippen LogP contribution in [0.3, 0.4) is 0 Å². The van der Waals surface area contributed by atoms with Gasteiger partial charge < -0.3 is 27.7 Å². The molecular weight excluding hydrogens is 684 g/mol. The molecule has 38 heavy (non-hydrogen) atoms. The largest absolute Gasteiger partial charge is 0.850 e. The van der Waals surface area contributed by atoms with Crippen molar-refractivity contribution in [2.75, 3.05) is 0 Å². The summed E-state index contributed by atoms with van der Waals surface area (Å²) in [5.74, 6) is 0. The van der Waals surface area contributed by atoms with Crippen molar-refractivity contribution in [2.45, 2.75) is 190 Å². The van der Waals surface area contributed by atoms with Gasteiger partial charge in [0.05, 0.1) is 0 Å². The summed E-state index contributed by atoms with van der Waals surface area (Å²) in [6.07, 6.45) is 35.2. The molecule has 0 N–H and O–H groups in total. The fourth-order valence-electron chi connectivity index (χ4n) is 3.93. The first-order valence-electron chi connectivity index (χ1n) is 16.4. The predicted molar refractivity (Wildman–Crippen MR) is 164 cm³/mol. The third-order valence-electron chi connectivity index (χ3n) is 6.31. The normalized spacial score (nSPS) is 10.6. The molecule has 0 rings (SSSR count). The zero-order valence-corrected chi connectivity index (χ0v) is 37.7. The second-order valence-corrected chi connectivity index (χ2v) is 19.4. The van der Waals surface area contributed by atoms with Crippen molar-refractivity contribution >= 4 is 29.7 Å². The van der Waals surface area contributed by atoms with E-state index in [9.17, 15) is 9.79 Å². The van der Waals surface area contributed by atoms with E-state index < -0.39 is 5.69 Å². The molecule has 0 radical (unpaired) electrons. The molecule has 8 heteroatoms. The third kappa shape index (κ3) is 77.2. The maximum absolute atomic E-state index is 9.29. The fourth-order valence-corrected chi connectivity index (χ4v) is 6.16. The molecular formula is C30H63O2PS2Zn3. The van der Waals surface area contributed by atoms with Gasteiger partial charge in [-0.15, -0.1) is 0 Å². The van der Waals surface area contributed by atoms with Crippen LogP contribution in [0.15, 0.2) is 0 Å². The van der Waals surface area contributed by atoms with Crippen LogP contribution in [0.2, 0.25) is 15.0 Å². The zero-order valence-electron chi connectivity index (χ0n) is 26.3. The molecule has 0 aromatic heterocycles. The van der Waals surface area contributed by atoms with Crippen LogP contribution >= 0.6 is 5.69 Å². The molecule has 0 aliphatic heterocycles. The molecule has 2 nitrogen and oxygen atoms in total. The van der Waals surface area contributed by atoms with Crippen molar-refractivity contribution in [2.24, 2.45) is 0 Å². The molecule has 0 amide bonds. The van der Waals surface area contributed by atoms with Gasteiger partial charge in [-0.3, -0.25) is 0 Å². The first-order chi connectivity index (χ1) is 18.2. The van der Waals surface area contributed by atoms with Crippen molar-refractivity contribution in [1.82, 2.24) is 0 Å². The van der Waals surface area contributed by atoms with E-state index in [0.29, 0.717) is 0 Å². The molecule has 0 aliphatic carbocycles. The average Bonchev–Trinajstić information content (AvgIpc) is 2.87. The summed E-state index contributed by atoms with van der Waals surface area (Å²) < 4.78 is 0. The van der Waals surface area contributed by atoms with Gasteiger partial charge in [-0.05, 0) is 0 Å². The topological polar surface area (TPSA) is 46.1 Å². The maximum atomic E-state index is 9.29. The molecule has 0 spiro atoms. The molecule has 0 saturated heterocycles. The van der Waals surface area contributed by atoms with Gasteiger partial charge in [0.25, 0.3) is 0 Å². The Morgan fingerprint density at radius 3 is 0.684 bits per heavy atom. The fraction of sp³-hybridized carbons (Fsp3) is 1.00. The molecule has 0 aliphatic rings. The van der Waals surface area contributed by atoms with Crippen LogP contribution in [0.1, 0.15) is 175 Å². The summed E-state index contributed by atoms with van der Waals surface area (Å²) >= 11 is 11.8. The number of rotatable bonds is 24. The monoisotopic (exact) mass is 742 g/mol. The minimum atomic E-state index is -3.72. The molecule has 0 atom stereocenters. The van der Waals surface area contributed by atoms with E-state index in [1.54, 1.807) is 0 Å². The SMILES string of the molecule is CCCCCCCCC[CH2][Zn+].CCCCCCCCC[CH2][Zn+].CCCCCCCCC[CH2][Zn+].[O-]P([O-])(=S)[S-]. The van der Waals surface area contributed by atoms with Crippen LogP contribution in [0, 0.1) is 0 Å². The second kappa shape index (κ2) is 46.7. The minimum Gasteiger partial charge on any atom is -0.850 e. The molecule has 0 aromatic carbocycles. The Kier molecular flexibility index (Phi) is 58.7. The standard InChI is InChI=1S/3C10H21.H3O2PS2.3Zn/c3*1-3-5-7-9-10-8-6-4-2;1-3(2,4)5;;;/h3*1,3-10H2,2H3;(H3,1,2,4,5);;;/q;;;;3*+1/p-3. The van der Waals surface area contributed by atoms with Crippen molar-refractivity contribution in [3.05, 3.63) is 0 Å². The van der Waals surface area contributed by atoms with Crippen LogP contribution in [0.5, 0.6) is 0 Å². The Labute approximate surface area is 282 Å². The van der Waals surface area contributed by atoms with Gasteiger partial charge in [0, 0.05) is 0 Å². The smallest absolute Gasteiger partial charge is 0.160 e. The number of hydrogen-bond acceptors (Lipinski definition) is 4. The Morgan fingerprint density at radius 2 is 0.553 bits per heavy atom. The van der Waals surface area contributed by atoms with E-state index in [0.717, 1.165) is 0 Å². The Balaban J connectivity index is -0.000000209. The van der Waals surface area contributed by atoms with Gasteiger partial charge in [-0.1, -0.05) is 0 Å². The summed E-state index contributed by atoms with van der Waals surface area (Å²) in [5.41, 5.74) is -3.72. The van der Waals surface area contributed by atoms with E-state index in [1.165, 1.54) is 224 Å². The Morgan fingerprint density at radius 1 is 0.421 bits per heavy atom. The Hall–Kier alpha value is 2.79. The van der Waals surface area contributed by atoms with Crippen molar-refractivity contribution in [3.8, 4) is 0 Å². The second-order valence-electron chi connectivity index (χ2n) is 10.4. The molecule has 0 bridgehead atoms. The van der Waals surface area contributed by atoms with Crippen LogP contribution < -0.4 is 9.79 Å². The first kappa shape index (κ1) is 47.7. The van der Waals surface area contributed by atoms with E-state index in [1.807, 2.05) is 0 Å². The molecule has 0 fully saturated rings. The van der Waals surface area contributed by atoms with Gasteiger partial charge in [-0.25, -0.2) is 0 Å².